The summed E-state index contributed by atoms with van der Waals surface area (Å²) in [6.45, 7) is 1.16. The smallest absolute Gasteiger partial charge is 0.270 e. The first-order valence-corrected chi connectivity index (χ1v) is 8.28. The highest BCUT2D eigenvalue weighted by atomic mass is 19.1. The Labute approximate surface area is 145 Å². The first-order chi connectivity index (χ1) is 12.1. The third-order valence-corrected chi connectivity index (χ3v) is 4.80. The molecule has 25 heavy (non-hydrogen) atoms. The molecule has 4 nitrogen and oxygen atoms in total. The molecule has 0 radical (unpaired) electrons. The van der Waals surface area contributed by atoms with Gasteiger partial charge in [0.25, 0.3) is 5.91 Å². The van der Waals surface area contributed by atoms with Crippen molar-refractivity contribution in [1.29, 1.82) is 0 Å². The molecule has 1 fully saturated rings. The molecule has 0 aliphatic carbocycles. The number of piperazine rings is 1. The van der Waals surface area contributed by atoms with Crippen molar-refractivity contribution >= 4 is 11.7 Å². The van der Waals surface area contributed by atoms with Gasteiger partial charge in [0, 0.05) is 19.2 Å². The molecule has 2 aliphatic rings. The van der Waals surface area contributed by atoms with E-state index in [1.54, 1.807) is 11.0 Å². The van der Waals surface area contributed by atoms with Crippen LogP contribution in [0.3, 0.4) is 0 Å². The zero-order chi connectivity index (χ0) is 17.4. The van der Waals surface area contributed by atoms with Gasteiger partial charge in [-0.15, -0.1) is 0 Å². The van der Waals surface area contributed by atoms with Crippen LogP contribution in [0.2, 0.25) is 0 Å². The summed E-state index contributed by atoms with van der Waals surface area (Å²) in [5.74, 6) is -1.31. The second-order valence-electron chi connectivity index (χ2n) is 6.25. The standard InChI is InChI=1S/C20H17FN2O2/c21-16-8-4-3-7-15(16)19(24)11-17-20(25)23-10-9-13-5-1-2-6-14(13)18(23)12-22-17/h1-8,11,18,22H,9-10,12H2/b17-11-. The van der Waals surface area contributed by atoms with Crippen molar-refractivity contribution in [3.63, 3.8) is 0 Å². The third-order valence-electron chi connectivity index (χ3n) is 4.80. The number of carbonyl (C=O) groups is 2. The van der Waals surface area contributed by atoms with E-state index in [9.17, 15) is 14.0 Å². The van der Waals surface area contributed by atoms with Gasteiger partial charge in [-0.2, -0.15) is 0 Å². The molecule has 1 amide bonds. The number of benzene rings is 2. The van der Waals surface area contributed by atoms with Gasteiger partial charge in [0.1, 0.15) is 11.5 Å². The van der Waals surface area contributed by atoms with Gasteiger partial charge in [0.15, 0.2) is 5.78 Å². The molecule has 2 aliphatic heterocycles. The summed E-state index contributed by atoms with van der Waals surface area (Å²) in [5, 5.41) is 3.06. The highest BCUT2D eigenvalue weighted by Crippen LogP contribution is 2.32. The SMILES string of the molecule is O=C(/C=C1\NCC2c3ccccc3CCN2C1=O)c1ccccc1F. The number of amides is 1. The molecule has 2 aromatic carbocycles. The van der Waals surface area contributed by atoms with Crippen LogP contribution in [-0.2, 0) is 11.2 Å². The van der Waals surface area contributed by atoms with Gasteiger partial charge in [0.05, 0.1) is 11.6 Å². The maximum Gasteiger partial charge on any atom is 0.270 e. The van der Waals surface area contributed by atoms with Gasteiger partial charge < -0.3 is 10.2 Å². The Morgan fingerprint density at radius 1 is 1.16 bits per heavy atom. The summed E-state index contributed by atoms with van der Waals surface area (Å²) in [4.78, 5) is 26.9. The maximum atomic E-state index is 13.8. The lowest BCUT2D eigenvalue weighted by molar-refractivity contribution is -0.132. The number of allylic oxidation sites excluding steroid dienone is 1. The van der Waals surface area contributed by atoms with Crippen molar-refractivity contribution in [2.45, 2.75) is 12.5 Å². The van der Waals surface area contributed by atoms with E-state index in [0.717, 1.165) is 12.0 Å². The van der Waals surface area contributed by atoms with Crippen molar-refractivity contribution in [1.82, 2.24) is 10.2 Å². The van der Waals surface area contributed by atoms with Crippen molar-refractivity contribution in [2.75, 3.05) is 13.1 Å². The van der Waals surface area contributed by atoms with Crippen LogP contribution in [0.5, 0.6) is 0 Å². The predicted molar refractivity (Wildman–Crippen MR) is 91.4 cm³/mol. The zero-order valence-electron chi connectivity index (χ0n) is 13.5. The number of rotatable bonds is 2. The van der Waals surface area contributed by atoms with Gasteiger partial charge in [-0.1, -0.05) is 36.4 Å². The van der Waals surface area contributed by atoms with Gasteiger partial charge in [-0.3, -0.25) is 9.59 Å². The lowest BCUT2D eigenvalue weighted by Crippen LogP contribution is -2.51. The summed E-state index contributed by atoms with van der Waals surface area (Å²) >= 11 is 0. The summed E-state index contributed by atoms with van der Waals surface area (Å²) in [7, 11) is 0. The fourth-order valence-electron chi connectivity index (χ4n) is 3.53. The largest absolute Gasteiger partial charge is 0.378 e. The third kappa shape index (κ3) is 2.71. The fourth-order valence-corrected chi connectivity index (χ4v) is 3.53. The Morgan fingerprint density at radius 3 is 2.76 bits per heavy atom. The van der Waals surface area contributed by atoms with Crippen LogP contribution in [0, 0.1) is 5.82 Å². The minimum absolute atomic E-state index is 0.0295. The number of hydrogen-bond acceptors (Lipinski definition) is 3. The highest BCUT2D eigenvalue weighted by Gasteiger charge is 2.36. The van der Waals surface area contributed by atoms with Crippen LogP contribution in [0.1, 0.15) is 27.5 Å². The molecule has 0 saturated carbocycles. The summed E-state index contributed by atoms with van der Waals surface area (Å²) in [5.41, 5.74) is 2.60. The van der Waals surface area contributed by atoms with E-state index < -0.39 is 11.6 Å². The second-order valence-corrected chi connectivity index (χ2v) is 6.25. The maximum absolute atomic E-state index is 13.8. The van der Waals surface area contributed by atoms with Crippen LogP contribution in [0.4, 0.5) is 4.39 Å². The Bertz CT molecular complexity index is 891. The first-order valence-electron chi connectivity index (χ1n) is 8.28. The van der Waals surface area contributed by atoms with Crippen LogP contribution >= 0.6 is 0 Å². The Hall–Kier alpha value is -2.95. The van der Waals surface area contributed by atoms with Crippen LogP contribution in [0.25, 0.3) is 0 Å². The number of carbonyl (C=O) groups excluding carboxylic acids is 2. The predicted octanol–water partition coefficient (Wildman–Crippen LogP) is 2.62. The topological polar surface area (TPSA) is 49.4 Å². The zero-order valence-corrected chi connectivity index (χ0v) is 13.5. The van der Waals surface area contributed by atoms with E-state index in [1.807, 2.05) is 18.2 Å². The van der Waals surface area contributed by atoms with Crippen molar-refractivity contribution in [3.05, 3.63) is 82.8 Å². The molecule has 5 heteroatoms. The molecule has 2 aromatic rings. The normalized spacial score (nSPS) is 20.7. The molecule has 0 aromatic heterocycles. The molecule has 126 valence electrons. The van der Waals surface area contributed by atoms with Crippen LogP contribution in [0.15, 0.2) is 60.3 Å². The first kappa shape index (κ1) is 15.6. The summed E-state index contributed by atoms with van der Waals surface area (Å²) in [6, 6.07) is 13.9. The number of ketones is 1. The van der Waals surface area contributed by atoms with Crippen LogP contribution in [-0.4, -0.2) is 29.7 Å². The molecule has 1 saturated heterocycles. The molecule has 2 heterocycles. The van der Waals surface area contributed by atoms with Crippen molar-refractivity contribution < 1.29 is 14.0 Å². The number of nitrogens with one attached hydrogen (secondary N) is 1. The lowest BCUT2D eigenvalue weighted by atomic mass is 9.90. The molecule has 0 bridgehead atoms. The number of fused-ring (bicyclic) bond motifs is 3. The summed E-state index contributed by atoms with van der Waals surface area (Å²) < 4.78 is 13.8. The molecule has 1 atom stereocenters. The molecular formula is C20H17FN2O2. The minimum Gasteiger partial charge on any atom is -0.378 e. The Balaban J connectivity index is 1.61. The molecular weight excluding hydrogens is 319 g/mol. The van der Waals surface area contributed by atoms with Gasteiger partial charge in [-0.25, -0.2) is 4.39 Å². The average molecular weight is 336 g/mol. The Kier molecular flexibility index (Phi) is 3.84. The van der Waals surface area contributed by atoms with E-state index in [4.69, 9.17) is 0 Å². The Morgan fingerprint density at radius 2 is 1.92 bits per heavy atom. The number of nitrogens with zero attached hydrogens (tertiary/aromatic N) is 1. The quantitative estimate of drug-likeness (QED) is 0.677. The van der Waals surface area contributed by atoms with E-state index in [-0.39, 0.29) is 23.2 Å². The second kappa shape index (κ2) is 6.16. The van der Waals surface area contributed by atoms with E-state index in [1.165, 1.54) is 29.8 Å². The number of hydrogen-bond donors (Lipinski definition) is 1. The summed E-state index contributed by atoms with van der Waals surface area (Å²) in [6.07, 6.45) is 2.00. The van der Waals surface area contributed by atoms with Gasteiger partial charge in [0.2, 0.25) is 0 Å². The van der Waals surface area contributed by atoms with Gasteiger partial charge >= 0.3 is 0 Å². The van der Waals surface area contributed by atoms with Crippen molar-refractivity contribution in [3.8, 4) is 0 Å². The monoisotopic (exact) mass is 336 g/mol. The molecule has 0 spiro atoms. The van der Waals surface area contributed by atoms with Crippen LogP contribution < -0.4 is 5.32 Å². The fraction of sp³-hybridized carbons (Fsp3) is 0.200. The van der Waals surface area contributed by atoms with Gasteiger partial charge in [-0.05, 0) is 29.7 Å². The minimum atomic E-state index is -0.586. The van der Waals surface area contributed by atoms with E-state index in [0.29, 0.717) is 13.1 Å². The molecule has 4 rings (SSSR count). The number of halogens is 1. The lowest BCUT2D eigenvalue weighted by Gasteiger charge is -2.41. The highest BCUT2D eigenvalue weighted by molar-refractivity contribution is 6.09. The molecule has 1 N–H and O–H groups in total. The molecule has 1 unspecified atom stereocenters. The van der Waals surface area contributed by atoms with Crippen molar-refractivity contribution in [2.24, 2.45) is 0 Å². The van der Waals surface area contributed by atoms with E-state index in [2.05, 4.69) is 11.4 Å². The average Bonchev–Trinajstić information content (AvgIpc) is 2.64. The van der Waals surface area contributed by atoms with E-state index >= 15 is 0 Å².